The van der Waals surface area contributed by atoms with Gasteiger partial charge in [-0.15, -0.1) is 0 Å². The topological polar surface area (TPSA) is 85.2 Å². The van der Waals surface area contributed by atoms with Gasteiger partial charge in [-0.2, -0.15) is 5.10 Å². The molecule has 0 bridgehead atoms. The molecule has 1 atom stereocenters. The molecule has 0 radical (unpaired) electrons. The molecule has 1 unspecified atom stereocenters. The number of hydrogen-bond acceptors (Lipinski definition) is 5. The second-order valence-electron chi connectivity index (χ2n) is 10.0. The summed E-state index contributed by atoms with van der Waals surface area (Å²) in [5.74, 6) is 1.12. The largest absolute Gasteiger partial charge is 0.494 e. The van der Waals surface area contributed by atoms with Crippen molar-refractivity contribution in [2.24, 2.45) is 5.41 Å². The van der Waals surface area contributed by atoms with E-state index in [1.807, 2.05) is 62.4 Å². The molecule has 1 aliphatic heterocycles. The van der Waals surface area contributed by atoms with Gasteiger partial charge in [-0.3, -0.25) is 9.59 Å². The van der Waals surface area contributed by atoms with Crippen LogP contribution in [0.3, 0.4) is 0 Å². The fraction of sp³-hybridized carbons (Fsp3) is 0.321. The maximum absolute atomic E-state index is 13.5. The fourth-order valence-electron chi connectivity index (χ4n) is 4.99. The Labute approximate surface area is 205 Å². The van der Waals surface area contributed by atoms with E-state index in [2.05, 4.69) is 29.6 Å². The van der Waals surface area contributed by atoms with Crippen molar-refractivity contribution in [2.45, 2.75) is 46.6 Å². The van der Waals surface area contributed by atoms with Crippen molar-refractivity contribution in [3.63, 3.8) is 0 Å². The summed E-state index contributed by atoms with van der Waals surface area (Å²) in [6.07, 6.45) is 2.72. The van der Waals surface area contributed by atoms with Gasteiger partial charge in [0.2, 0.25) is 0 Å². The van der Waals surface area contributed by atoms with Crippen molar-refractivity contribution in [2.75, 3.05) is 17.2 Å². The first kappa shape index (κ1) is 22.9. The normalized spacial score (nSPS) is 18.4. The summed E-state index contributed by atoms with van der Waals surface area (Å²) < 4.78 is 7.68. The molecule has 0 fully saturated rings. The van der Waals surface area contributed by atoms with E-state index in [9.17, 15) is 9.59 Å². The van der Waals surface area contributed by atoms with Crippen LogP contribution in [0.25, 0.3) is 0 Å². The SMILES string of the molecule is CCOc1ccccc1C1C2=C(CC(C)(C)CC2=O)Nc2c(C(=O)Nc3ccc(C)cc3)cnn21. The van der Waals surface area contributed by atoms with E-state index in [-0.39, 0.29) is 17.1 Å². The molecule has 0 saturated heterocycles. The van der Waals surface area contributed by atoms with Gasteiger partial charge in [-0.1, -0.05) is 49.7 Å². The predicted molar refractivity (Wildman–Crippen MR) is 136 cm³/mol. The summed E-state index contributed by atoms with van der Waals surface area (Å²) in [5.41, 5.74) is 4.46. The molecule has 7 heteroatoms. The van der Waals surface area contributed by atoms with Gasteiger partial charge in [0.25, 0.3) is 5.91 Å². The van der Waals surface area contributed by atoms with Gasteiger partial charge in [-0.25, -0.2) is 4.68 Å². The number of allylic oxidation sites excluding steroid dienone is 2. The number of aryl methyl sites for hydroxylation is 1. The Balaban J connectivity index is 1.61. The van der Waals surface area contributed by atoms with Gasteiger partial charge in [0, 0.05) is 28.9 Å². The zero-order chi connectivity index (χ0) is 24.7. The minimum atomic E-state index is -0.478. The van der Waals surface area contributed by atoms with Crippen LogP contribution in [-0.4, -0.2) is 28.1 Å². The standard InChI is InChI=1S/C28H30N4O3/c1-5-35-23-9-7-6-8-19(23)25-24-21(14-28(3,4)15-22(24)33)31-26-20(16-29-32(25)26)27(34)30-18-12-10-17(2)11-13-18/h6-13,16,25,31H,5,14-15H2,1-4H3,(H,30,34). The third-order valence-corrected chi connectivity index (χ3v) is 6.57. The molecule has 1 amide bonds. The predicted octanol–water partition coefficient (Wildman–Crippen LogP) is 5.50. The number of rotatable bonds is 5. The molecule has 0 spiro atoms. The maximum Gasteiger partial charge on any atom is 0.261 e. The first-order chi connectivity index (χ1) is 16.8. The highest BCUT2D eigenvalue weighted by Crippen LogP contribution is 2.47. The van der Waals surface area contributed by atoms with Crippen LogP contribution < -0.4 is 15.4 Å². The van der Waals surface area contributed by atoms with Crippen molar-refractivity contribution in [1.82, 2.24) is 9.78 Å². The highest BCUT2D eigenvalue weighted by atomic mass is 16.5. The van der Waals surface area contributed by atoms with E-state index in [4.69, 9.17) is 4.74 Å². The molecule has 2 aromatic carbocycles. The number of amides is 1. The fourth-order valence-corrected chi connectivity index (χ4v) is 4.99. The molecular weight excluding hydrogens is 440 g/mol. The first-order valence-electron chi connectivity index (χ1n) is 12.0. The highest BCUT2D eigenvalue weighted by molar-refractivity contribution is 6.08. The second-order valence-corrected chi connectivity index (χ2v) is 10.0. The van der Waals surface area contributed by atoms with Crippen molar-refractivity contribution in [1.29, 1.82) is 0 Å². The highest BCUT2D eigenvalue weighted by Gasteiger charge is 2.43. The number of hydrogen-bond donors (Lipinski definition) is 2. The number of aromatic nitrogens is 2. The van der Waals surface area contributed by atoms with Gasteiger partial charge < -0.3 is 15.4 Å². The van der Waals surface area contributed by atoms with E-state index in [1.54, 1.807) is 10.9 Å². The van der Waals surface area contributed by atoms with E-state index in [1.165, 1.54) is 0 Å². The minimum absolute atomic E-state index is 0.0897. The number of ether oxygens (including phenoxy) is 1. The number of fused-ring (bicyclic) bond motifs is 1. The van der Waals surface area contributed by atoms with Gasteiger partial charge in [-0.05, 0) is 43.9 Å². The first-order valence-corrected chi connectivity index (χ1v) is 12.0. The van der Waals surface area contributed by atoms with Crippen molar-refractivity contribution in [3.8, 4) is 5.75 Å². The van der Waals surface area contributed by atoms with Crippen LogP contribution in [0.1, 0.15) is 61.1 Å². The second kappa shape index (κ2) is 8.73. The smallest absolute Gasteiger partial charge is 0.261 e. The number of ketones is 1. The maximum atomic E-state index is 13.5. The van der Waals surface area contributed by atoms with E-state index in [0.29, 0.717) is 47.8 Å². The Hall–Kier alpha value is -3.87. The number of nitrogens with zero attached hydrogens (tertiary/aromatic N) is 2. The van der Waals surface area contributed by atoms with Gasteiger partial charge in [0.1, 0.15) is 23.2 Å². The van der Waals surface area contributed by atoms with E-state index < -0.39 is 6.04 Å². The number of benzene rings is 2. The van der Waals surface area contributed by atoms with Gasteiger partial charge in [0.15, 0.2) is 5.78 Å². The summed E-state index contributed by atoms with van der Waals surface area (Å²) in [5, 5.41) is 11.0. The van der Waals surface area contributed by atoms with Crippen LogP contribution in [0.15, 0.2) is 66.0 Å². The molecule has 2 aliphatic rings. The molecule has 1 aliphatic carbocycles. The molecular formula is C28H30N4O3. The summed E-state index contributed by atoms with van der Waals surface area (Å²) in [6.45, 7) is 8.63. The third-order valence-electron chi connectivity index (χ3n) is 6.57. The third kappa shape index (κ3) is 4.22. The van der Waals surface area contributed by atoms with Crippen LogP contribution in [0.2, 0.25) is 0 Å². The number of Topliss-reactive ketones (excluding diaryl/α,β-unsaturated/α-hetero) is 1. The Morgan fingerprint density at radius 3 is 2.66 bits per heavy atom. The Morgan fingerprint density at radius 2 is 1.91 bits per heavy atom. The van der Waals surface area contributed by atoms with Crippen molar-refractivity contribution < 1.29 is 14.3 Å². The Kier molecular flexibility index (Phi) is 5.71. The van der Waals surface area contributed by atoms with Gasteiger partial charge in [0.05, 0.1) is 12.8 Å². The molecule has 35 heavy (non-hydrogen) atoms. The molecule has 2 N–H and O–H groups in total. The monoisotopic (exact) mass is 470 g/mol. The number of nitrogens with one attached hydrogen (secondary N) is 2. The number of carbonyl (C=O) groups excluding carboxylic acids is 2. The molecule has 1 aromatic heterocycles. The van der Waals surface area contributed by atoms with Crippen molar-refractivity contribution in [3.05, 3.63) is 82.7 Å². The lowest BCUT2D eigenvalue weighted by atomic mass is 9.73. The van der Waals surface area contributed by atoms with Crippen LogP contribution >= 0.6 is 0 Å². The molecule has 180 valence electrons. The quantitative estimate of drug-likeness (QED) is 0.514. The number of anilines is 2. The molecule has 7 nitrogen and oxygen atoms in total. The molecule has 3 aromatic rings. The zero-order valence-corrected chi connectivity index (χ0v) is 20.5. The Morgan fingerprint density at radius 1 is 1.17 bits per heavy atom. The molecule has 5 rings (SSSR count). The van der Waals surface area contributed by atoms with Crippen LogP contribution in [0, 0.1) is 12.3 Å². The number of carbonyl (C=O) groups is 2. The van der Waals surface area contributed by atoms with E-state index in [0.717, 1.165) is 16.8 Å². The minimum Gasteiger partial charge on any atom is -0.494 e. The van der Waals surface area contributed by atoms with Crippen molar-refractivity contribution >= 4 is 23.2 Å². The Bertz CT molecular complexity index is 1330. The average molecular weight is 471 g/mol. The average Bonchev–Trinajstić information content (AvgIpc) is 3.23. The number of para-hydroxylation sites is 1. The van der Waals surface area contributed by atoms with Crippen LogP contribution in [-0.2, 0) is 4.79 Å². The lowest BCUT2D eigenvalue weighted by Gasteiger charge is -2.39. The van der Waals surface area contributed by atoms with Gasteiger partial charge >= 0.3 is 0 Å². The summed E-state index contributed by atoms with van der Waals surface area (Å²) in [6, 6.07) is 14.9. The molecule has 2 heterocycles. The van der Waals surface area contributed by atoms with Crippen LogP contribution in [0.4, 0.5) is 11.5 Å². The zero-order valence-electron chi connectivity index (χ0n) is 20.5. The lowest BCUT2D eigenvalue weighted by Crippen LogP contribution is -2.37. The van der Waals surface area contributed by atoms with E-state index >= 15 is 0 Å². The summed E-state index contributed by atoms with van der Waals surface area (Å²) in [4.78, 5) is 26.7. The van der Waals surface area contributed by atoms with Crippen LogP contribution in [0.5, 0.6) is 5.75 Å². The molecule has 0 saturated carbocycles. The summed E-state index contributed by atoms with van der Waals surface area (Å²) in [7, 11) is 0. The lowest BCUT2D eigenvalue weighted by molar-refractivity contribution is -0.118. The summed E-state index contributed by atoms with van der Waals surface area (Å²) >= 11 is 0.